The molecule has 0 saturated heterocycles. The molecule has 6 nitrogen and oxygen atoms in total. The first-order valence-electron chi connectivity index (χ1n) is 10.2. The molecule has 2 aromatic carbocycles. The van der Waals surface area contributed by atoms with Crippen molar-refractivity contribution in [1.29, 1.82) is 0 Å². The van der Waals surface area contributed by atoms with E-state index in [-0.39, 0.29) is 16.6 Å². The van der Waals surface area contributed by atoms with Gasteiger partial charge in [-0.15, -0.1) is 11.8 Å². The van der Waals surface area contributed by atoms with Crippen LogP contribution in [0.4, 0.5) is 11.4 Å². The first kappa shape index (κ1) is 23.2. The Morgan fingerprint density at radius 2 is 2.03 bits per heavy atom. The van der Waals surface area contributed by atoms with Crippen LogP contribution in [-0.2, 0) is 14.6 Å². The van der Waals surface area contributed by atoms with E-state index < -0.39 is 15.8 Å². The minimum Gasteiger partial charge on any atom is -0.478 e. The van der Waals surface area contributed by atoms with Gasteiger partial charge in [0.05, 0.1) is 33.6 Å². The molecule has 0 radical (unpaired) electrons. The Labute approximate surface area is 187 Å². The molecule has 0 bridgehead atoms. The third kappa shape index (κ3) is 5.62. The van der Waals surface area contributed by atoms with Crippen molar-refractivity contribution in [3.05, 3.63) is 54.8 Å². The SMILES string of the molecule is CCCCC1CN(c2ccccc2)c2cc(SC)c(OC=CC(=O)O)cc2S(=O)(=O)C1. The van der Waals surface area contributed by atoms with E-state index in [1.54, 1.807) is 0 Å². The second kappa shape index (κ2) is 10.2. The first-order valence-corrected chi connectivity index (χ1v) is 13.1. The first-order chi connectivity index (χ1) is 14.9. The normalized spacial score (nSPS) is 17.9. The van der Waals surface area contributed by atoms with Gasteiger partial charge in [0.2, 0.25) is 0 Å². The van der Waals surface area contributed by atoms with Gasteiger partial charge in [0.1, 0.15) is 5.75 Å². The van der Waals surface area contributed by atoms with Crippen molar-refractivity contribution in [3.8, 4) is 5.75 Å². The molecule has 0 fully saturated rings. The molecular formula is C23H27NO5S2. The maximum atomic E-state index is 13.4. The minimum atomic E-state index is -3.56. The summed E-state index contributed by atoms with van der Waals surface area (Å²) >= 11 is 1.42. The molecule has 0 aromatic heterocycles. The van der Waals surface area contributed by atoms with Gasteiger partial charge in [0, 0.05) is 18.3 Å². The largest absolute Gasteiger partial charge is 0.478 e. The van der Waals surface area contributed by atoms with Crippen LogP contribution in [0.1, 0.15) is 26.2 Å². The van der Waals surface area contributed by atoms with Crippen LogP contribution in [0.25, 0.3) is 0 Å². The quantitative estimate of drug-likeness (QED) is 0.332. The summed E-state index contributed by atoms with van der Waals surface area (Å²) < 4.78 is 32.3. The number of nitrogens with zero attached hydrogens (tertiary/aromatic N) is 1. The average molecular weight is 462 g/mol. The van der Waals surface area contributed by atoms with E-state index in [0.29, 0.717) is 18.0 Å². The highest BCUT2D eigenvalue weighted by Gasteiger charge is 2.33. The number of aliphatic carboxylic acids is 1. The summed E-state index contributed by atoms with van der Waals surface area (Å²) in [5.41, 5.74) is 1.57. The number of hydrogen-bond donors (Lipinski definition) is 1. The predicted octanol–water partition coefficient (Wildman–Crippen LogP) is 5.12. The Morgan fingerprint density at radius 1 is 1.29 bits per heavy atom. The Morgan fingerprint density at radius 3 is 2.68 bits per heavy atom. The fourth-order valence-corrected chi connectivity index (χ4v) is 6.12. The number of unbranched alkanes of at least 4 members (excludes halogenated alkanes) is 1. The Balaban J connectivity index is 2.14. The molecule has 0 aliphatic carbocycles. The average Bonchev–Trinajstić information content (AvgIpc) is 2.85. The molecule has 1 aliphatic heterocycles. The molecule has 8 heteroatoms. The fraction of sp³-hybridized carbons (Fsp3) is 0.348. The molecular weight excluding hydrogens is 434 g/mol. The molecule has 1 unspecified atom stereocenters. The van der Waals surface area contributed by atoms with Crippen molar-refractivity contribution in [1.82, 2.24) is 0 Å². The zero-order chi connectivity index (χ0) is 22.4. The maximum absolute atomic E-state index is 13.4. The summed E-state index contributed by atoms with van der Waals surface area (Å²) in [4.78, 5) is 13.8. The smallest absolute Gasteiger partial charge is 0.331 e. The van der Waals surface area contributed by atoms with Gasteiger partial charge in [-0.2, -0.15) is 0 Å². The van der Waals surface area contributed by atoms with Crippen LogP contribution in [0.15, 0.2) is 64.6 Å². The van der Waals surface area contributed by atoms with E-state index >= 15 is 0 Å². The summed E-state index contributed by atoms with van der Waals surface area (Å²) in [5.74, 6) is -0.729. The Kier molecular flexibility index (Phi) is 7.67. The lowest BCUT2D eigenvalue weighted by atomic mass is 10.0. The van der Waals surface area contributed by atoms with Crippen LogP contribution in [0.5, 0.6) is 5.75 Å². The highest BCUT2D eigenvalue weighted by atomic mass is 32.2. The maximum Gasteiger partial charge on any atom is 0.331 e. The number of hydrogen-bond acceptors (Lipinski definition) is 6. The van der Waals surface area contributed by atoms with Gasteiger partial charge < -0.3 is 14.7 Å². The number of anilines is 2. The number of carboxylic acid groups (broad SMARTS) is 1. The molecule has 1 N–H and O–H groups in total. The molecule has 0 saturated carbocycles. The summed E-state index contributed by atoms with van der Waals surface area (Å²) in [6, 6.07) is 13.1. The number of carbonyl (C=O) groups is 1. The lowest BCUT2D eigenvalue weighted by Gasteiger charge is -2.28. The van der Waals surface area contributed by atoms with Crippen molar-refractivity contribution in [3.63, 3.8) is 0 Å². The highest BCUT2D eigenvalue weighted by Crippen LogP contribution is 2.43. The van der Waals surface area contributed by atoms with Crippen LogP contribution in [-0.4, -0.2) is 38.0 Å². The van der Waals surface area contributed by atoms with Crippen molar-refractivity contribution < 1.29 is 23.1 Å². The molecule has 3 rings (SSSR count). The van der Waals surface area contributed by atoms with Crippen molar-refractivity contribution in [2.24, 2.45) is 5.92 Å². The molecule has 1 aliphatic rings. The monoisotopic (exact) mass is 461 g/mol. The summed E-state index contributed by atoms with van der Waals surface area (Å²) in [6.07, 6.45) is 6.64. The number of rotatable bonds is 8. The van der Waals surface area contributed by atoms with Crippen LogP contribution in [0.3, 0.4) is 0 Å². The Hall–Kier alpha value is -2.45. The van der Waals surface area contributed by atoms with Gasteiger partial charge in [-0.1, -0.05) is 38.0 Å². The van der Waals surface area contributed by atoms with Crippen LogP contribution >= 0.6 is 11.8 Å². The zero-order valence-corrected chi connectivity index (χ0v) is 19.3. The van der Waals surface area contributed by atoms with Crippen LogP contribution in [0.2, 0.25) is 0 Å². The number of thioether (sulfide) groups is 1. The van der Waals surface area contributed by atoms with Gasteiger partial charge in [0.15, 0.2) is 9.84 Å². The van der Waals surface area contributed by atoms with E-state index in [1.165, 1.54) is 17.8 Å². The van der Waals surface area contributed by atoms with Gasteiger partial charge in [0.25, 0.3) is 0 Å². The lowest BCUT2D eigenvalue weighted by Crippen LogP contribution is -2.26. The molecule has 31 heavy (non-hydrogen) atoms. The number of ether oxygens (including phenoxy) is 1. The van der Waals surface area contributed by atoms with Gasteiger partial charge >= 0.3 is 5.97 Å². The molecule has 1 heterocycles. The lowest BCUT2D eigenvalue weighted by molar-refractivity contribution is -0.131. The number of carboxylic acids is 1. The summed E-state index contributed by atoms with van der Waals surface area (Å²) in [6.45, 7) is 2.72. The molecule has 2 aromatic rings. The predicted molar refractivity (Wildman–Crippen MR) is 124 cm³/mol. The highest BCUT2D eigenvalue weighted by molar-refractivity contribution is 7.98. The third-order valence-corrected chi connectivity index (χ3v) is 7.87. The second-order valence-corrected chi connectivity index (χ2v) is 10.3. The number of sulfone groups is 1. The second-order valence-electron chi connectivity index (χ2n) is 7.47. The summed E-state index contributed by atoms with van der Waals surface area (Å²) in [5, 5.41) is 8.82. The van der Waals surface area contributed by atoms with Gasteiger partial charge in [-0.05, 0) is 36.8 Å². The minimum absolute atomic E-state index is 0.00607. The van der Waals surface area contributed by atoms with Crippen LogP contribution < -0.4 is 9.64 Å². The molecule has 0 spiro atoms. The van der Waals surface area contributed by atoms with Crippen molar-refractivity contribution >= 4 is 38.9 Å². The van der Waals surface area contributed by atoms with E-state index in [1.807, 2.05) is 42.7 Å². The molecule has 1 atom stereocenters. The van der Waals surface area contributed by atoms with Gasteiger partial charge in [-0.25, -0.2) is 13.2 Å². The van der Waals surface area contributed by atoms with E-state index in [2.05, 4.69) is 11.8 Å². The Bertz CT molecular complexity index is 1050. The fourth-order valence-electron chi connectivity index (χ4n) is 3.74. The standard InChI is InChI=1S/C23H27NO5S2/c1-3-4-8-17-15-24(18-9-6-5-7-10-18)19-13-21(30-2)20(29-12-11-23(25)26)14-22(19)31(27,28)16-17/h5-7,9-14,17H,3-4,8,15-16H2,1-2H3,(H,25,26). The van der Waals surface area contributed by atoms with E-state index in [9.17, 15) is 13.2 Å². The molecule has 0 amide bonds. The van der Waals surface area contributed by atoms with E-state index in [0.717, 1.165) is 42.2 Å². The number of para-hydroxylation sites is 1. The van der Waals surface area contributed by atoms with Crippen molar-refractivity contribution in [2.45, 2.75) is 36.0 Å². The zero-order valence-electron chi connectivity index (χ0n) is 17.7. The third-order valence-electron chi connectivity index (χ3n) is 5.21. The van der Waals surface area contributed by atoms with Crippen LogP contribution in [0, 0.1) is 5.92 Å². The van der Waals surface area contributed by atoms with Crippen molar-refractivity contribution in [2.75, 3.05) is 23.5 Å². The number of fused-ring (bicyclic) bond motifs is 1. The van der Waals surface area contributed by atoms with Gasteiger partial charge in [-0.3, -0.25) is 0 Å². The summed E-state index contributed by atoms with van der Waals surface area (Å²) in [7, 11) is -3.56. The van der Waals surface area contributed by atoms with E-state index in [4.69, 9.17) is 9.84 Å². The number of benzene rings is 2. The molecule has 166 valence electrons. The topological polar surface area (TPSA) is 83.9 Å².